The van der Waals surface area contributed by atoms with Crippen molar-refractivity contribution >= 4 is 11.4 Å². The van der Waals surface area contributed by atoms with E-state index in [9.17, 15) is 13.2 Å². The molecule has 0 spiro atoms. The smallest absolute Gasteiger partial charge is 0.398 e. The van der Waals surface area contributed by atoms with E-state index in [1.807, 2.05) is 4.90 Å². The number of rotatable bonds is 3. The Bertz CT molecular complexity index is 456. The molecule has 0 aliphatic carbocycles. The molecule has 1 atom stereocenters. The zero-order valence-corrected chi connectivity index (χ0v) is 11.4. The minimum atomic E-state index is -4.42. The number of nitrogens with two attached hydrogens (primary N) is 1. The highest BCUT2D eigenvalue weighted by molar-refractivity contribution is 5.59. The molecule has 1 unspecified atom stereocenters. The number of alkyl halides is 3. The third-order valence-corrected chi connectivity index (χ3v) is 3.57. The SMILES string of the molecule is CN(CC1CCCOC1)c1ccc(N)c(C(F)(F)F)c1. The van der Waals surface area contributed by atoms with Gasteiger partial charge in [-0.3, -0.25) is 0 Å². The van der Waals surface area contributed by atoms with E-state index in [1.54, 1.807) is 13.1 Å². The van der Waals surface area contributed by atoms with Gasteiger partial charge in [0.05, 0.1) is 12.2 Å². The lowest BCUT2D eigenvalue weighted by atomic mass is 10.0. The largest absolute Gasteiger partial charge is 0.418 e. The monoisotopic (exact) mass is 288 g/mol. The van der Waals surface area contributed by atoms with Gasteiger partial charge in [-0.25, -0.2) is 0 Å². The van der Waals surface area contributed by atoms with Gasteiger partial charge < -0.3 is 15.4 Å². The predicted molar refractivity (Wildman–Crippen MR) is 72.7 cm³/mol. The van der Waals surface area contributed by atoms with Gasteiger partial charge in [-0.2, -0.15) is 13.2 Å². The first-order chi connectivity index (χ1) is 9.38. The molecule has 20 heavy (non-hydrogen) atoms. The summed E-state index contributed by atoms with van der Waals surface area (Å²) in [6.07, 6.45) is -2.37. The highest BCUT2D eigenvalue weighted by Crippen LogP contribution is 2.36. The Hall–Kier alpha value is -1.43. The van der Waals surface area contributed by atoms with Gasteiger partial charge in [0.2, 0.25) is 0 Å². The molecular formula is C14H19F3N2O. The Kier molecular flexibility index (Phi) is 4.42. The van der Waals surface area contributed by atoms with Crippen LogP contribution >= 0.6 is 0 Å². The predicted octanol–water partition coefficient (Wildman–Crippen LogP) is 3.15. The lowest BCUT2D eigenvalue weighted by molar-refractivity contribution is -0.136. The molecule has 0 radical (unpaired) electrons. The highest BCUT2D eigenvalue weighted by atomic mass is 19.4. The van der Waals surface area contributed by atoms with Crippen LogP contribution in [-0.4, -0.2) is 26.8 Å². The maximum atomic E-state index is 12.8. The molecule has 3 nitrogen and oxygen atoms in total. The second-order valence-electron chi connectivity index (χ2n) is 5.23. The van der Waals surface area contributed by atoms with Crippen LogP contribution in [0.15, 0.2) is 18.2 Å². The number of benzene rings is 1. The van der Waals surface area contributed by atoms with E-state index < -0.39 is 11.7 Å². The number of anilines is 2. The van der Waals surface area contributed by atoms with E-state index in [0.717, 1.165) is 25.5 Å². The van der Waals surface area contributed by atoms with Crippen molar-refractivity contribution in [2.45, 2.75) is 19.0 Å². The van der Waals surface area contributed by atoms with Gasteiger partial charge in [-0.05, 0) is 37.0 Å². The Labute approximate surface area is 116 Å². The van der Waals surface area contributed by atoms with Gasteiger partial charge in [0.1, 0.15) is 0 Å². The van der Waals surface area contributed by atoms with Gasteiger partial charge >= 0.3 is 6.18 Å². The van der Waals surface area contributed by atoms with Crippen molar-refractivity contribution in [3.05, 3.63) is 23.8 Å². The molecule has 2 N–H and O–H groups in total. The van der Waals surface area contributed by atoms with Crippen molar-refractivity contribution in [2.24, 2.45) is 5.92 Å². The van der Waals surface area contributed by atoms with Gasteiger partial charge in [0.25, 0.3) is 0 Å². The second kappa shape index (κ2) is 5.91. The summed E-state index contributed by atoms with van der Waals surface area (Å²) in [5, 5.41) is 0. The van der Waals surface area contributed by atoms with Crippen molar-refractivity contribution in [2.75, 3.05) is 37.4 Å². The number of nitrogen functional groups attached to an aromatic ring is 1. The number of hydrogen-bond donors (Lipinski definition) is 1. The summed E-state index contributed by atoms with van der Waals surface area (Å²) >= 11 is 0. The fourth-order valence-electron chi connectivity index (χ4n) is 2.47. The summed E-state index contributed by atoms with van der Waals surface area (Å²) in [6.45, 7) is 2.13. The maximum absolute atomic E-state index is 12.8. The minimum absolute atomic E-state index is 0.240. The number of halogens is 3. The van der Waals surface area contributed by atoms with Crippen molar-refractivity contribution in [3.8, 4) is 0 Å². The maximum Gasteiger partial charge on any atom is 0.418 e. The quantitative estimate of drug-likeness (QED) is 0.868. The van der Waals surface area contributed by atoms with Gasteiger partial charge in [-0.1, -0.05) is 0 Å². The average molecular weight is 288 g/mol. The Morgan fingerprint density at radius 1 is 1.40 bits per heavy atom. The molecule has 0 bridgehead atoms. The molecule has 6 heteroatoms. The summed E-state index contributed by atoms with van der Waals surface area (Å²) in [5.41, 5.74) is 4.91. The minimum Gasteiger partial charge on any atom is -0.398 e. The van der Waals surface area contributed by atoms with Crippen LogP contribution in [0.4, 0.5) is 24.5 Å². The molecule has 0 aromatic heterocycles. The molecule has 0 saturated carbocycles. The Balaban J connectivity index is 2.11. The van der Waals surface area contributed by atoms with E-state index in [4.69, 9.17) is 10.5 Å². The first kappa shape index (κ1) is 15.0. The summed E-state index contributed by atoms with van der Waals surface area (Å²) in [5.74, 6) is 0.362. The van der Waals surface area contributed by atoms with Gasteiger partial charge in [-0.15, -0.1) is 0 Å². The number of ether oxygens (including phenoxy) is 1. The molecule has 112 valence electrons. The normalized spacial score (nSPS) is 19.9. The zero-order valence-electron chi connectivity index (χ0n) is 11.4. The average Bonchev–Trinajstić information content (AvgIpc) is 2.39. The van der Waals surface area contributed by atoms with Crippen molar-refractivity contribution in [1.82, 2.24) is 0 Å². The second-order valence-corrected chi connectivity index (χ2v) is 5.23. The van der Waals surface area contributed by atoms with Gasteiger partial charge in [0.15, 0.2) is 0 Å². The highest BCUT2D eigenvalue weighted by Gasteiger charge is 2.33. The van der Waals surface area contributed by atoms with Crippen LogP contribution in [0.5, 0.6) is 0 Å². The number of nitrogens with zero attached hydrogens (tertiary/aromatic N) is 1. The Morgan fingerprint density at radius 3 is 2.75 bits per heavy atom. The van der Waals surface area contributed by atoms with Crippen LogP contribution in [0.2, 0.25) is 0 Å². The van der Waals surface area contributed by atoms with E-state index >= 15 is 0 Å². The van der Waals surface area contributed by atoms with Crippen LogP contribution < -0.4 is 10.6 Å². The summed E-state index contributed by atoms with van der Waals surface area (Å²) in [4.78, 5) is 1.83. The van der Waals surface area contributed by atoms with E-state index in [1.165, 1.54) is 6.07 Å². The van der Waals surface area contributed by atoms with Crippen LogP contribution in [0.3, 0.4) is 0 Å². The molecule has 1 aromatic rings. The van der Waals surface area contributed by atoms with E-state index in [0.29, 0.717) is 24.8 Å². The van der Waals surface area contributed by atoms with Gasteiger partial charge in [0, 0.05) is 31.6 Å². The van der Waals surface area contributed by atoms with E-state index in [2.05, 4.69) is 0 Å². The molecule has 1 aliphatic heterocycles. The van der Waals surface area contributed by atoms with Crippen molar-refractivity contribution < 1.29 is 17.9 Å². The third kappa shape index (κ3) is 3.56. The first-order valence-corrected chi connectivity index (χ1v) is 6.63. The van der Waals surface area contributed by atoms with Crippen molar-refractivity contribution in [3.63, 3.8) is 0 Å². The zero-order chi connectivity index (χ0) is 14.8. The summed E-state index contributed by atoms with van der Waals surface area (Å²) in [7, 11) is 1.79. The van der Waals surface area contributed by atoms with Crippen LogP contribution in [0, 0.1) is 5.92 Å². The summed E-state index contributed by atoms with van der Waals surface area (Å²) < 4.78 is 43.9. The topological polar surface area (TPSA) is 38.5 Å². The molecule has 2 rings (SSSR count). The standard InChI is InChI=1S/C14H19F3N2O/c1-19(8-10-3-2-6-20-9-10)11-4-5-13(18)12(7-11)14(15,16)17/h4-5,7,10H,2-3,6,8-9,18H2,1H3. The van der Waals surface area contributed by atoms with E-state index in [-0.39, 0.29) is 5.69 Å². The molecule has 1 aliphatic rings. The van der Waals surface area contributed by atoms with Crippen molar-refractivity contribution in [1.29, 1.82) is 0 Å². The molecule has 1 fully saturated rings. The fourth-order valence-corrected chi connectivity index (χ4v) is 2.47. The lowest BCUT2D eigenvalue weighted by Gasteiger charge is -2.29. The molecule has 1 saturated heterocycles. The van der Waals surface area contributed by atoms with Crippen LogP contribution in [0.25, 0.3) is 0 Å². The lowest BCUT2D eigenvalue weighted by Crippen LogP contribution is -2.31. The molecule has 1 heterocycles. The van der Waals surface area contributed by atoms with Crippen LogP contribution in [-0.2, 0) is 10.9 Å². The third-order valence-electron chi connectivity index (χ3n) is 3.57. The fraction of sp³-hybridized carbons (Fsp3) is 0.571. The molecular weight excluding hydrogens is 269 g/mol. The van der Waals surface area contributed by atoms with Crippen LogP contribution in [0.1, 0.15) is 18.4 Å². The molecule has 0 amide bonds. The summed E-state index contributed by atoms with van der Waals surface area (Å²) in [6, 6.07) is 4.04. The molecule has 1 aromatic carbocycles. The Morgan fingerprint density at radius 2 is 2.15 bits per heavy atom. The number of hydrogen-bond acceptors (Lipinski definition) is 3. The first-order valence-electron chi connectivity index (χ1n) is 6.63.